The molecule has 1 aromatic heterocycles. The first-order valence-electron chi connectivity index (χ1n) is 10.9. The van der Waals surface area contributed by atoms with Crippen LogP contribution in [-0.2, 0) is 17.6 Å². The van der Waals surface area contributed by atoms with E-state index in [0.717, 1.165) is 36.1 Å². The largest absolute Gasteiger partial charge is 0.353 e. The van der Waals surface area contributed by atoms with E-state index in [1.54, 1.807) is 0 Å². The topological polar surface area (TPSA) is 70.5 Å². The summed E-state index contributed by atoms with van der Waals surface area (Å²) in [5.41, 5.74) is 5.10. The van der Waals surface area contributed by atoms with Crippen molar-refractivity contribution in [2.45, 2.75) is 46.1 Å². The number of nitrogens with one attached hydrogen (secondary N) is 1. The van der Waals surface area contributed by atoms with Crippen molar-refractivity contribution in [1.82, 2.24) is 24.9 Å². The zero-order valence-electron chi connectivity index (χ0n) is 18.1. The molecule has 0 atom stereocenters. The molecule has 0 radical (unpaired) electrons. The van der Waals surface area contributed by atoms with Crippen molar-refractivity contribution in [3.8, 4) is 5.69 Å². The van der Waals surface area contributed by atoms with E-state index in [1.165, 1.54) is 5.69 Å². The van der Waals surface area contributed by atoms with Gasteiger partial charge in [0.15, 0.2) is 5.69 Å². The van der Waals surface area contributed by atoms with Crippen molar-refractivity contribution in [2.75, 3.05) is 32.7 Å². The molecule has 1 fully saturated rings. The number of rotatable bonds is 5. The lowest BCUT2D eigenvalue weighted by molar-refractivity contribution is -0.123. The predicted molar refractivity (Wildman–Crippen MR) is 116 cm³/mol. The summed E-state index contributed by atoms with van der Waals surface area (Å²) in [5, 5.41) is 7.71. The van der Waals surface area contributed by atoms with Crippen molar-refractivity contribution in [2.24, 2.45) is 0 Å². The molecule has 1 aromatic carbocycles. The molecule has 1 aliphatic heterocycles. The minimum absolute atomic E-state index is 0.0202. The van der Waals surface area contributed by atoms with Gasteiger partial charge in [0, 0.05) is 43.5 Å². The number of carbonyl (C=O) groups excluding carboxylic acids is 2. The number of carbonyl (C=O) groups is 2. The first-order valence-corrected chi connectivity index (χ1v) is 10.9. The number of nitrogens with zero attached hydrogens (tertiary/aromatic N) is 4. The molecule has 1 saturated heterocycles. The minimum Gasteiger partial charge on any atom is -0.353 e. The maximum atomic E-state index is 13.3. The van der Waals surface area contributed by atoms with E-state index in [9.17, 15) is 9.59 Å². The fourth-order valence-electron chi connectivity index (χ4n) is 4.44. The third kappa shape index (κ3) is 4.12. The Hall–Kier alpha value is -2.67. The molecular weight excluding hydrogens is 378 g/mol. The van der Waals surface area contributed by atoms with Crippen molar-refractivity contribution in [3.05, 3.63) is 46.8 Å². The summed E-state index contributed by atoms with van der Waals surface area (Å²) >= 11 is 0. The van der Waals surface area contributed by atoms with Crippen LogP contribution in [0.4, 0.5) is 0 Å². The Balaban J connectivity index is 1.47. The Morgan fingerprint density at radius 3 is 2.53 bits per heavy atom. The summed E-state index contributed by atoms with van der Waals surface area (Å²) in [5.74, 6) is 0.0614. The lowest BCUT2D eigenvalue weighted by Gasteiger charge is -2.34. The van der Waals surface area contributed by atoms with Gasteiger partial charge in [-0.1, -0.05) is 18.2 Å². The summed E-state index contributed by atoms with van der Waals surface area (Å²) in [6.07, 6.45) is 2.94. The number of para-hydroxylation sites is 1. The molecule has 2 heterocycles. The third-order valence-electron chi connectivity index (χ3n) is 5.95. The Kier molecular flexibility index (Phi) is 5.90. The number of fused-ring (bicyclic) bond motifs is 1. The highest BCUT2D eigenvalue weighted by Crippen LogP contribution is 2.29. The van der Waals surface area contributed by atoms with Crippen LogP contribution in [0, 0.1) is 6.92 Å². The van der Waals surface area contributed by atoms with E-state index in [1.807, 2.05) is 35.6 Å². The lowest BCUT2D eigenvalue weighted by Crippen LogP contribution is -2.51. The Morgan fingerprint density at radius 2 is 1.83 bits per heavy atom. The molecule has 1 N–H and O–H groups in total. The van der Waals surface area contributed by atoms with Gasteiger partial charge < -0.3 is 10.2 Å². The molecule has 4 rings (SSSR count). The number of benzene rings is 1. The summed E-state index contributed by atoms with van der Waals surface area (Å²) < 4.78 is 1.98. The summed E-state index contributed by atoms with van der Waals surface area (Å²) in [4.78, 5) is 29.3. The number of hydrogen-bond acceptors (Lipinski definition) is 4. The van der Waals surface area contributed by atoms with E-state index in [-0.39, 0.29) is 17.9 Å². The van der Waals surface area contributed by atoms with Gasteiger partial charge in [-0.25, -0.2) is 4.68 Å². The van der Waals surface area contributed by atoms with Crippen LogP contribution in [0.2, 0.25) is 0 Å². The average molecular weight is 410 g/mol. The number of hydrogen-bond donors (Lipinski definition) is 1. The monoisotopic (exact) mass is 409 g/mol. The molecule has 0 saturated carbocycles. The van der Waals surface area contributed by atoms with Crippen molar-refractivity contribution < 1.29 is 9.59 Å². The Morgan fingerprint density at radius 1 is 1.10 bits per heavy atom. The van der Waals surface area contributed by atoms with Crippen LogP contribution < -0.4 is 5.32 Å². The molecule has 7 nitrogen and oxygen atoms in total. The SMILES string of the molecule is Cc1ccccc1-n1nc(C(=O)N2CCN(CC(=O)NC(C)C)CC2)c2c1CCC2. The smallest absolute Gasteiger partial charge is 0.274 e. The van der Waals surface area contributed by atoms with E-state index in [4.69, 9.17) is 5.10 Å². The third-order valence-corrected chi connectivity index (χ3v) is 5.95. The summed E-state index contributed by atoms with van der Waals surface area (Å²) in [7, 11) is 0. The first kappa shape index (κ1) is 20.6. The van der Waals surface area contributed by atoms with Crippen LogP contribution >= 0.6 is 0 Å². The molecule has 2 amide bonds. The number of aromatic nitrogens is 2. The second-order valence-corrected chi connectivity index (χ2v) is 8.62. The van der Waals surface area contributed by atoms with Gasteiger partial charge in [0.2, 0.25) is 5.91 Å². The number of amides is 2. The predicted octanol–water partition coefficient (Wildman–Crippen LogP) is 1.95. The molecule has 30 heavy (non-hydrogen) atoms. The van der Waals surface area contributed by atoms with Crippen LogP contribution in [0.5, 0.6) is 0 Å². The van der Waals surface area contributed by atoms with E-state index < -0.39 is 0 Å². The van der Waals surface area contributed by atoms with E-state index >= 15 is 0 Å². The molecule has 0 unspecified atom stereocenters. The molecular formula is C23H31N5O2. The van der Waals surface area contributed by atoms with Crippen molar-refractivity contribution in [3.63, 3.8) is 0 Å². The van der Waals surface area contributed by atoms with E-state index in [2.05, 4.69) is 29.3 Å². The average Bonchev–Trinajstić information content (AvgIpc) is 3.31. The molecule has 7 heteroatoms. The van der Waals surface area contributed by atoms with Crippen LogP contribution in [0.25, 0.3) is 5.69 Å². The maximum Gasteiger partial charge on any atom is 0.274 e. The highest BCUT2D eigenvalue weighted by molar-refractivity contribution is 5.94. The molecule has 2 aliphatic rings. The van der Waals surface area contributed by atoms with Gasteiger partial charge in [0.1, 0.15) is 0 Å². The normalized spacial score (nSPS) is 16.7. The quantitative estimate of drug-likeness (QED) is 0.820. The van der Waals surface area contributed by atoms with Crippen molar-refractivity contribution >= 4 is 11.8 Å². The van der Waals surface area contributed by atoms with Crippen molar-refractivity contribution in [1.29, 1.82) is 0 Å². The maximum absolute atomic E-state index is 13.3. The number of aryl methyl sites for hydroxylation is 1. The van der Waals surface area contributed by atoms with E-state index in [0.29, 0.717) is 38.4 Å². The second-order valence-electron chi connectivity index (χ2n) is 8.62. The molecule has 0 spiro atoms. The Labute approximate surface area is 178 Å². The van der Waals surface area contributed by atoms with Gasteiger partial charge in [-0.2, -0.15) is 5.10 Å². The van der Waals surface area contributed by atoms with Gasteiger partial charge in [-0.05, 0) is 51.7 Å². The van der Waals surface area contributed by atoms with Gasteiger partial charge in [0.05, 0.1) is 12.2 Å². The van der Waals surface area contributed by atoms with Crippen LogP contribution in [0.3, 0.4) is 0 Å². The van der Waals surface area contributed by atoms with Crippen LogP contribution in [-0.4, -0.2) is 70.2 Å². The second kappa shape index (κ2) is 8.60. The van der Waals surface area contributed by atoms with Gasteiger partial charge in [-0.15, -0.1) is 0 Å². The Bertz CT molecular complexity index is 941. The standard InChI is InChI=1S/C23H31N5O2/c1-16(2)24-21(29)15-26-11-13-27(14-12-26)23(30)22-18-8-6-10-20(18)28(25-22)19-9-5-4-7-17(19)3/h4-5,7,9,16H,6,8,10-15H2,1-3H3,(H,24,29). The molecule has 0 bridgehead atoms. The van der Waals surface area contributed by atoms with Crippen LogP contribution in [0.15, 0.2) is 24.3 Å². The highest BCUT2D eigenvalue weighted by Gasteiger charge is 2.31. The van der Waals surface area contributed by atoms with Gasteiger partial charge in [-0.3, -0.25) is 14.5 Å². The minimum atomic E-state index is 0.0202. The summed E-state index contributed by atoms with van der Waals surface area (Å²) in [6.45, 7) is 9.05. The first-order chi connectivity index (χ1) is 14.4. The molecule has 160 valence electrons. The van der Waals surface area contributed by atoms with Crippen LogP contribution in [0.1, 0.15) is 47.6 Å². The van der Waals surface area contributed by atoms with Gasteiger partial charge in [0.25, 0.3) is 5.91 Å². The van der Waals surface area contributed by atoms with Gasteiger partial charge >= 0.3 is 0 Å². The summed E-state index contributed by atoms with van der Waals surface area (Å²) in [6, 6.07) is 8.33. The highest BCUT2D eigenvalue weighted by atomic mass is 16.2. The molecule has 2 aromatic rings. The zero-order chi connectivity index (χ0) is 21.3. The lowest BCUT2D eigenvalue weighted by atomic mass is 10.1. The fraction of sp³-hybridized carbons (Fsp3) is 0.522. The fourth-order valence-corrected chi connectivity index (χ4v) is 4.44. The molecule has 1 aliphatic carbocycles. The zero-order valence-corrected chi connectivity index (χ0v) is 18.1. The number of piperazine rings is 1.